The van der Waals surface area contributed by atoms with Gasteiger partial charge in [-0.2, -0.15) is 0 Å². The normalized spacial score (nSPS) is 13.9. The Morgan fingerprint density at radius 1 is 1.24 bits per heavy atom. The molecular weight excluding hydrogens is 206 g/mol. The second-order valence-electron chi connectivity index (χ2n) is 4.33. The average molecular weight is 229 g/mol. The fraction of sp³-hybridized carbons (Fsp3) is 0.500. The van der Waals surface area contributed by atoms with Gasteiger partial charge in [-0.05, 0) is 30.9 Å². The highest BCUT2D eigenvalue weighted by Gasteiger charge is 2.19. The van der Waals surface area contributed by atoms with Crippen molar-refractivity contribution in [1.82, 2.24) is 5.32 Å². The van der Waals surface area contributed by atoms with E-state index in [2.05, 4.69) is 55.4 Å². The fourth-order valence-corrected chi connectivity index (χ4v) is 2.40. The first-order valence-electron chi connectivity index (χ1n) is 6.55. The van der Waals surface area contributed by atoms with Crippen LogP contribution in [-0.4, -0.2) is 12.6 Å². The van der Waals surface area contributed by atoms with Crippen LogP contribution in [0.5, 0.6) is 0 Å². The Morgan fingerprint density at radius 2 is 1.94 bits per heavy atom. The lowest BCUT2D eigenvalue weighted by atomic mass is 9.86. The fourth-order valence-electron chi connectivity index (χ4n) is 2.40. The highest BCUT2D eigenvalue weighted by Crippen LogP contribution is 2.25. The SMILES string of the molecule is C#CCCC(NCC)C(CC)c1ccccc1. The number of hydrogen-bond donors (Lipinski definition) is 1. The lowest BCUT2D eigenvalue weighted by molar-refractivity contribution is 0.411. The van der Waals surface area contributed by atoms with Crippen molar-refractivity contribution in [3.8, 4) is 12.3 Å². The molecule has 0 fully saturated rings. The van der Waals surface area contributed by atoms with E-state index in [4.69, 9.17) is 6.42 Å². The molecule has 1 heteroatoms. The highest BCUT2D eigenvalue weighted by molar-refractivity contribution is 5.21. The standard InChI is InChI=1S/C16H23N/c1-4-7-13-16(17-6-3)15(5-2)14-11-9-8-10-12-14/h1,8-12,15-17H,5-7,13H2,2-3H3. The van der Waals surface area contributed by atoms with Crippen molar-refractivity contribution in [2.24, 2.45) is 0 Å². The summed E-state index contributed by atoms with van der Waals surface area (Å²) >= 11 is 0. The van der Waals surface area contributed by atoms with Gasteiger partial charge >= 0.3 is 0 Å². The molecule has 0 radical (unpaired) electrons. The highest BCUT2D eigenvalue weighted by atomic mass is 14.9. The Kier molecular flexibility index (Phi) is 6.43. The van der Waals surface area contributed by atoms with Crippen molar-refractivity contribution in [2.75, 3.05) is 6.54 Å². The second-order valence-corrected chi connectivity index (χ2v) is 4.33. The summed E-state index contributed by atoms with van der Waals surface area (Å²) < 4.78 is 0. The molecule has 1 rings (SSSR count). The molecule has 0 aliphatic carbocycles. The maximum atomic E-state index is 5.38. The van der Waals surface area contributed by atoms with E-state index in [-0.39, 0.29) is 0 Å². The van der Waals surface area contributed by atoms with E-state index < -0.39 is 0 Å². The molecule has 0 heterocycles. The van der Waals surface area contributed by atoms with Crippen LogP contribution < -0.4 is 5.32 Å². The molecule has 0 saturated heterocycles. The van der Waals surface area contributed by atoms with E-state index in [1.165, 1.54) is 5.56 Å². The van der Waals surface area contributed by atoms with Gasteiger partial charge in [0.15, 0.2) is 0 Å². The maximum Gasteiger partial charge on any atom is 0.0145 e. The number of terminal acetylenes is 1. The van der Waals surface area contributed by atoms with Crippen LogP contribution in [0.1, 0.15) is 44.6 Å². The molecular formula is C16H23N. The maximum absolute atomic E-state index is 5.38. The van der Waals surface area contributed by atoms with Gasteiger partial charge in [-0.3, -0.25) is 0 Å². The molecule has 2 unspecified atom stereocenters. The first-order chi connectivity index (χ1) is 8.33. The zero-order valence-electron chi connectivity index (χ0n) is 10.9. The zero-order chi connectivity index (χ0) is 12.5. The Hall–Kier alpha value is -1.26. The molecule has 17 heavy (non-hydrogen) atoms. The van der Waals surface area contributed by atoms with Gasteiger partial charge in [0.2, 0.25) is 0 Å². The lowest BCUT2D eigenvalue weighted by Crippen LogP contribution is -2.34. The molecule has 1 aromatic carbocycles. The third-order valence-corrected chi connectivity index (χ3v) is 3.22. The largest absolute Gasteiger partial charge is 0.314 e. The summed E-state index contributed by atoms with van der Waals surface area (Å²) in [4.78, 5) is 0. The van der Waals surface area contributed by atoms with Crippen LogP contribution in [0, 0.1) is 12.3 Å². The summed E-state index contributed by atoms with van der Waals surface area (Å²) in [6, 6.07) is 11.2. The molecule has 0 aliphatic heterocycles. The van der Waals surface area contributed by atoms with Gasteiger partial charge in [-0.15, -0.1) is 12.3 Å². The van der Waals surface area contributed by atoms with Crippen LogP contribution in [0.15, 0.2) is 30.3 Å². The van der Waals surface area contributed by atoms with E-state index in [1.54, 1.807) is 0 Å². The third-order valence-electron chi connectivity index (χ3n) is 3.22. The predicted octanol–water partition coefficient (Wildman–Crippen LogP) is 3.57. The van der Waals surface area contributed by atoms with E-state index in [1.807, 2.05) is 0 Å². The minimum absolute atomic E-state index is 0.489. The minimum Gasteiger partial charge on any atom is -0.314 e. The van der Waals surface area contributed by atoms with Crippen LogP contribution in [0.25, 0.3) is 0 Å². The van der Waals surface area contributed by atoms with Crippen molar-refractivity contribution in [3.63, 3.8) is 0 Å². The first-order valence-corrected chi connectivity index (χ1v) is 6.55. The lowest BCUT2D eigenvalue weighted by Gasteiger charge is -2.27. The molecule has 0 amide bonds. The average Bonchev–Trinajstić information content (AvgIpc) is 2.38. The van der Waals surface area contributed by atoms with Gasteiger partial charge in [0.1, 0.15) is 0 Å². The summed E-state index contributed by atoms with van der Waals surface area (Å²) in [7, 11) is 0. The topological polar surface area (TPSA) is 12.0 Å². The van der Waals surface area contributed by atoms with Gasteiger partial charge in [0, 0.05) is 12.5 Å². The summed E-state index contributed by atoms with van der Waals surface area (Å²) in [5.41, 5.74) is 1.41. The predicted molar refractivity (Wildman–Crippen MR) is 75.0 cm³/mol. The van der Waals surface area contributed by atoms with E-state index in [9.17, 15) is 0 Å². The number of hydrogen-bond acceptors (Lipinski definition) is 1. The van der Waals surface area contributed by atoms with E-state index in [0.29, 0.717) is 12.0 Å². The molecule has 0 aromatic heterocycles. The van der Waals surface area contributed by atoms with Crippen molar-refractivity contribution < 1.29 is 0 Å². The summed E-state index contributed by atoms with van der Waals surface area (Å²) in [5, 5.41) is 3.57. The molecule has 1 nitrogen and oxygen atoms in total. The molecule has 0 spiro atoms. The van der Waals surface area contributed by atoms with Crippen molar-refractivity contribution in [3.05, 3.63) is 35.9 Å². The van der Waals surface area contributed by atoms with Gasteiger partial charge in [0.25, 0.3) is 0 Å². The molecule has 1 N–H and O–H groups in total. The van der Waals surface area contributed by atoms with Crippen LogP contribution in [0.4, 0.5) is 0 Å². The first kappa shape index (κ1) is 13.8. The molecule has 0 bridgehead atoms. The van der Waals surface area contributed by atoms with Gasteiger partial charge in [-0.1, -0.05) is 44.2 Å². The molecule has 1 aromatic rings. The van der Waals surface area contributed by atoms with Gasteiger partial charge < -0.3 is 5.32 Å². The van der Waals surface area contributed by atoms with E-state index in [0.717, 1.165) is 25.8 Å². The summed E-state index contributed by atoms with van der Waals surface area (Å²) in [6.07, 6.45) is 8.42. The minimum atomic E-state index is 0.489. The third kappa shape index (κ3) is 4.24. The van der Waals surface area contributed by atoms with E-state index >= 15 is 0 Å². The van der Waals surface area contributed by atoms with Crippen molar-refractivity contribution >= 4 is 0 Å². The summed E-state index contributed by atoms with van der Waals surface area (Å²) in [6.45, 7) is 5.40. The van der Waals surface area contributed by atoms with Crippen molar-refractivity contribution in [2.45, 2.75) is 45.1 Å². The number of benzene rings is 1. The zero-order valence-corrected chi connectivity index (χ0v) is 10.9. The van der Waals surface area contributed by atoms with Gasteiger partial charge in [0.05, 0.1) is 0 Å². The Balaban J connectivity index is 2.78. The summed E-state index contributed by atoms with van der Waals surface area (Å²) in [5.74, 6) is 3.31. The number of nitrogens with one attached hydrogen (secondary N) is 1. The van der Waals surface area contributed by atoms with Gasteiger partial charge in [-0.25, -0.2) is 0 Å². The Bertz CT molecular complexity index is 336. The molecule has 0 aliphatic rings. The monoisotopic (exact) mass is 229 g/mol. The molecule has 92 valence electrons. The van der Waals surface area contributed by atoms with Crippen LogP contribution in [0.2, 0.25) is 0 Å². The van der Waals surface area contributed by atoms with Crippen molar-refractivity contribution in [1.29, 1.82) is 0 Å². The number of rotatable bonds is 7. The smallest absolute Gasteiger partial charge is 0.0145 e. The molecule has 2 atom stereocenters. The Labute approximate surface area is 106 Å². The van der Waals surface area contributed by atoms with Crippen LogP contribution in [-0.2, 0) is 0 Å². The number of likely N-dealkylation sites (N-methyl/N-ethyl adjacent to an activating group) is 1. The quantitative estimate of drug-likeness (QED) is 0.705. The molecule has 0 saturated carbocycles. The Morgan fingerprint density at radius 3 is 2.47 bits per heavy atom. The van der Waals surface area contributed by atoms with Crippen LogP contribution in [0.3, 0.4) is 0 Å². The second kappa shape index (κ2) is 7.92. The van der Waals surface area contributed by atoms with Crippen LogP contribution >= 0.6 is 0 Å².